The van der Waals surface area contributed by atoms with Crippen LogP contribution in [0.1, 0.15) is 26.7 Å². The van der Waals surface area contributed by atoms with Gasteiger partial charge in [0.2, 0.25) is 5.91 Å². The molecule has 3 N–H and O–H groups in total. The van der Waals surface area contributed by atoms with Gasteiger partial charge in [0, 0.05) is 13.2 Å². The number of carbonyl (C=O) groups excluding carboxylic acids is 2. The largest absolute Gasteiger partial charge is 0.376 e. The number of rotatable bonds is 7. The number of H-pyrrole nitrogens is 1. The van der Waals surface area contributed by atoms with Crippen LogP contribution in [0.2, 0.25) is 0 Å². The van der Waals surface area contributed by atoms with E-state index in [9.17, 15) is 14.4 Å². The van der Waals surface area contributed by atoms with Crippen molar-refractivity contribution in [2.45, 2.75) is 44.5 Å². The van der Waals surface area contributed by atoms with Crippen molar-refractivity contribution in [2.24, 2.45) is 5.92 Å². The first-order valence-corrected chi connectivity index (χ1v) is 8.91. The topological polar surface area (TPSA) is 118 Å². The lowest BCUT2D eigenvalue weighted by Crippen LogP contribution is -2.41. The SMILES string of the molecule is CC(C)CNC(=O)NC(=O)CSc1n[nH]c(=O)n1C[C@H]1CCCO1. The van der Waals surface area contributed by atoms with Gasteiger partial charge in [0.15, 0.2) is 5.16 Å². The summed E-state index contributed by atoms with van der Waals surface area (Å²) in [6.45, 7) is 5.53. The first-order valence-electron chi connectivity index (χ1n) is 7.93. The Bertz CT molecular complexity index is 621. The molecule has 134 valence electrons. The molecule has 0 saturated carbocycles. The Morgan fingerprint density at radius 1 is 1.50 bits per heavy atom. The van der Waals surface area contributed by atoms with Crippen LogP contribution in [0, 0.1) is 5.92 Å². The highest BCUT2D eigenvalue weighted by Gasteiger charge is 2.20. The molecule has 2 heterocycles. The van der Waals surface area contributed by atoms with Gasteiger partial charge in [-0.1, -0.05) is 25.6 Å². The molecule has 1 saturated heterocycles. The van der Waals surface area contributed by atoms with Crippen LogP contribution in [-0.4, -0.2) is 51.7 Å². The summed E-state index contributed by atoms with van der Waals surface area (Å²) in [6.07, 6.45) is 1.88. The zero-order valence-electron chi connectivity index (χ0n) is 13.8. The van der Waals surface area contributed by atoms with Gasteiger partial charge in [0.25, 0.3) is 0 Å². The van der Waals surface area contributed by atoms with E-state index in [1.807, 2.05) is 13.8 Å². The Morgan fingerprint density at radius 3 is 2.96 bits per heavy atom. The van der Waals surface area contributed by atoms with Gasteiger partial charge in [-0.05, 0) is 18.8 Å². The number of amides is 3. The van der Waals surface area contributed by atoms with Gasteiger partial charge in [-0.3, -0.25) is 14.7 Å². The molecule has 1 aliphatic rings. The summed E-state index contributed by atoms with van der Waals surface area (Å²) >= 11 is 1.10. The molecule has 0 spiro atoms. The molecule has 3 amide bonds. The molecule has 9 nitrogen and oxygen atoms in total. The van der Waals surface area contributed by atoms with Crippen molar-refractivity contribution in [1.82, 2.24) is 25.4 Å². The molecule has 2 rings (SSSR count). The van der Waals surface area contributed by atoms with E-state index in [0.717, 1.165) is 24.6 Å². The van der Waals surface area contributed by atoms with E-state index in [2.05, 4.69) is 20.8 Å². The van der Waals surface area contributed by atoms with Crippen LogP contribution in [-0.2, 0) is 16.1 Å². The molecule has 1 aromatic heterocycles. The summed E-state index contributed by atoms with van der Waals surface area (Å²) in [5.74, 6) is -0.151. The van der Waals surface area contributed by atoms with E-state index in [0.29, 0.717) is 30.8 Å². The smallest absolute Gasteiger partial charge is 0.344 e. The third kappa shape index (κ3) is 5.68. The number of hydrogen-bond donors (Lipinski definition) is 3. The number of hydrogen-bond acceptors (Lipinski definition) is 6. The molecule has 0 radical (unpaired) electrons. The minimum absolute atomic E-state index is 0.00436. The number of imide groups is 1. The standard InChI is InChI=1S/C14H23N5O4S/c1-9(2)6-15-12(21)16-11(20)8-24-14-18-17-13(22)19(14)7-10-4-3-5-23-10/h9-10H,3-8H2,1-2H3,(H,17,22)(H2,15,16,20,21)/t10-/m1/s1. The monoisotopic (exact) mass is 357 g/mol. The van der Waals surface area contributed by atoms with Crippen LogP contribution >= 0.6 is 11.8 Å². The minimum atomic E-state index is -0.520. The average Bonchev–Trinajstić information content (AvgIpc) is 3.15. The van der Waals surface area contributed by atoms with Crippen molar-refractivity contribution >= 4 is 23.7 Å². The van der Waals surface area contributed by atoms with E-state index in [-0.39, 0.29) is 17.5 Å². The molecule has 0 aliphatic carbocycles. The van der Waals surface area contributed by atoms with Gasteiger partial charge >= 0.3 is 11.7 Å². The van der Waals surface area contributed by atoms with Gasteiger partial charge in [0.1, 0.15) is 0 Å². The Morgan fingerprint density at radius 2 is 2.29 bits per heavy atom. The van der Waals surface area contributed by atoms with E-state index < -0.39 is 11.9 Å². The van der Waals surface area contributed by atoms with Gasteiger partial charge in [-0.15, -0.1) is 5.10 Å². The Balaban J connectivity index is 1.82. The summed E-state index contributed by atoms with van der Waals surface area (Å²) < 4.78 is 6.98. The highest BCUT2D eigenvalue weighted by atomic mass is 32.2. The van der Waals surface area contributed by atoms with Crippen molar-refractivity contribution in [3.8, 4) is 0 Å². The Hall–Kier alpha value is -1.81. The molecule has 0 aromatic carbocycles. The van der Waals surface area contributed by atoms with Gasteiger partial charge in [-0.25, -0.2) is 14.7 Å². The lowest BCUT2D eigenvalue weighted by molar-refractivity contribution is -0.117. The zero-order chi connectivity index (χ0) is 17.5. The number of aromatic amines is 1. The highest BCUT2D eigenvalue weighted by molar-refractivity contribution is 7.99. The van der Waals surface area contributed by atoms with Crippen molar-refractivity contribution in [1.29, 1.82) is 0 Å². The highest BCUT2D eigenvalue weighted by Crippen LogP contribution is 2.17. The van der Waals surface area contributed by atoms with Crippen LogP contribution in [0.15, 0.2) is 9.95 Å². The van der Waals surface area contributed by atoms with E-state index in [4.69, 9.17) is 4.74 Å². The quantitative estimate of drug-likeness (QED) is 0.605. The molecule has 10 heteroatoms. The molecule has 24 heavy (non-hydrogen) atoms. The van der Waals surface area contributed by atoms with Crippen LogP contribution in [0.3, 0.4) is 0 Å². The number of urea groups is 1. The predicted molar refractivity (Wildman–Crippen MR) is 88.9 cm³/mol. The Kier molecular flexibility index (Phi) is 6.85. The normalized spacial score (nSPS) is 17.2. The number of nitrogens with zero attached hydrogens (tertiary/aromatic N) is 2. The Labute approximate surface area is 143 Å². The molecule has 0 bridgehead atoms. The van der Waals surface area contributed by atoms with E-state index in [1.165, 1.54) is 4.57 Å². The summed E-state index contributed by atoms with van der Waals surface area (Å²) in [7, 11) is 0. The first-order chi connectivity index (χ1) is 11.5. The average molecular weight is 357 g/mol. The number of nitrogens with one attached hydrogen (secondary N) is 3. The van der Waals surface area contributed by atoms with Crippen LogP contribution in [0.5, 0.6) is 0 Å². The fraction of sp³-hybridized carbons (Fsp3) is 0.714. The molecule has 1 atom stereocenters. The van der Waals surface area contributed by atoms with Crippen LogP contribution in [0.4, 0.5) is 4.79 Å². The molecular weight excluding hydrogens is 334 g/mol. The minimum Gasteiger partial charge on any atom is -0.376 e. The zero-order valence-corrected chi connectivity index (χ0v) is 14.6. The fourth-order valence-electron chi connectivity index (χ4n) is 2.20. The fourth-order valence-corrected chi connectivity index (χ4v) is 2.96. The third-order valence-corrected chi connectivity index (χ3v) is 4.37. The number of thioether (sulfide) groups is 1. The van der Waals surface area contributed by atoms with Gasteiger partial charge < -0.3 is 10.1 Å². The van der Waals surface area contributed by atoms with Crippen molar-refractivity contribution in [3.63, 3.8) is 0 Å². The second-order valence-corrected chi connectivity index (χ2v) is 6.94. The first kappa shape index (κ1) is 18.5. The summed E-state index contributed by atoms with van der Waals surface area (Å²) in [5, 5.41) is 11.6. The van der Waals surface area contributed by atoms with E-state index in [1.54, 1.807) is 0 Å². The second-order valence-electron chi connectivity index (χ2n) is 6.00. The van der Waals surface area contributed by atoms with Crippen molar-refractivity contribution in [3.05, 3.63) is 10.5 Å². The summed E-state index contributed by atoms with van der Waals surface area (Å²) in [5.41, 5.74) is -0.330. The van der Waals surface area contributed by atoms with E-state index >= 15 is 0 Å². The molecule has 1 aliphatic heterocycles. The van der Waals surface area contributed by atoms with Crippen LogP contribution < -0.4 is 16.3 Å². The molecular formula is C14H23N5O4S. The maximum Gasteiger partial charge on any atom is 0.344 e. The molecule has 1 fully saturated rings. The number of aromatic nitrogens is 3. The lowest BCUT2D eigenvalue weighted by Gasteiger charge is -2.11. The van der Waals surface area contributed by atoms with Crippen molar-refractivity contribution in [2.75, 3.05) is 18.9 Å². The second kappa shape index (κ2) is 8.88. The molecule has 1 aromatic rings. The van der Waals surface area contributed by atoms with Gasteiger partial charge in [-0.2, -0.15) is 0 Å². The number of ether oxygens (including phenoxy) is 1. The molecule has 0 unspecified atom stereocenters. The predicted octanol–water partition coefficient (Wildman–Crippen LogP) is 0.324. The summed E-state index contributed by atoms with van der Waals surface area (Å²) in [6, 6.07) is -0.520. The maximum atomic E-state index is 11.8. The van der Waals surface area contributed by atoms with Crippen LogP contribution in [0.25, 0.3) is 0 Å². The summed E-state index contributed by atoms with van der Waals surface area (Å²) in [4.78, 5) is 35.1. The third-order valence-electron chi connectivity index (χ3n) is 3.39. The maximum absolute atomic E-state index is 11.8. The van der Waals surface area contributed by atoms with Gasteiger partial charge in [0.05, 0.1) is 18.4 Å². The van der Waals surface area contributed by atoms with Crippen molar-refractivity contribution < 1.29 is 14.3 Å². The lowest BCUT2D eigenvalue weighted by atomic mass is 10.2. The number of carbonyl (C=O) groups is 2.